The Kier molecular flexibility index (Phi) is 6.86. The first-order valence-electron chi connectivity index (χ1n) is 12.5. The fraction of sp³-hybridized carbons (Fsp3) is 0.0606. The molecule has 0 fully saturated rings. The summed E-state index contributed by atoms with van der Waals surface area (Å²) in [5.41, 5.74) is 6.71. The van der Waals surface area contributed by atoms with Gasteiger partial charge in [0, 0.05) is 52.3 Å². The van der Waals surface area contributed by atoms with E-state index in [-0.39, 0.29) is 0 Å². The van der Waals surface area contributed by atoms with Gasteiger partial charge in [-0.15, -0.1) is 12.6 Å². The summed E-state index contributed by atoms with van der Waals surface area (Å²) >= 11 is 17.8. The van der Waals surface area contributed by atoms with Crippen molar-refractivity contribution >= 4 is 63.9 Å². The Morgan fingerprint density at radius 1 is 0.744 bits per heavy atom. The number of rotatable bonds is 4. The maximum atomic E-state index is 6.62. The summed E-state index contributed by atoms with van der Waals surface area (Å²) < 4.78 is 8.68. The molecule has 0 unspecified atom stereocenters. The van der Waals surface area contributed by atoms with Crippen molar-refractivity contribution < 1.29 is 4.42 Å². The molecule has 0 bridgehead atoms. The fourth-order valence-corrected chi connectivity index (χ4v) is 5.78. The van der Waals surface area contributed by atoms with Crippen molar-refractivity contribution in [2.45, 2.75) is 4.90 Å². The summed E-state index contributed by atoms with van der Waals surface area (Å²) in [5, 5.41) is 3.35. The van der Waals surface area contributed by atoms with E-state index in [1.54, 1.807) is 0 Å². The van der Waals surface area contributed by atoms with Crippen LogP contribution in [0.1, 0.15) is 0 Å². The quantitative estimate of drug-likeness (QED) is 0.130. The fourth-order valence-electron chi connectivity index (χ4n) is 4.99. The molecule has 6 heteroatoms. The van der Waals surface area contributed by atoms with Crippen molar-refractivity contribution in [2.24, 2.45) is 0 Å². The lowest BCUT2D eigenvalue weighted by atomic mass is 9.93. The highest BCUT2D eigenvalue weighted by Crippen LogP contribution is 2.43. The second kappa shape index (κ2) is 10.5. The van der Waals surface area contributed by atoms with Gasteiger partial charge in [-0.3, -0.25) is 0 Å². The van der Waals surface area contributed by atoms with E-state index in [9.17, 15) is 0 Å². The molecule has 6 rings (SSSR count). The van der Waals surface area contributed by atoms with Crippen LogP contribution in [0.4, 0.5) is 17.1 Å². The highest BCUT2D eigenvalue weighted by Gasteiger charge is 2.21. The highest BCUT2D eigenvalue weighted by atomic mass is 35.5. The van der Waals surface area contributed by atoms with Gasteiger partial charge < -0.3 is 9.32 Å². The second-order valence-corrected chi connectivity index (χ2v) is 10.7. The Bertz CT molecular complexity index is 1900. The van der Waals surface area contributed by atoms with Crippen molar-refractivity contribution in [1.82, 2.24) is 4.58 Å². The molecule has 192 valence electrons. The normalized spacial score (nSPS) is 12.1. The maximum absolute atomic E-state index is 6.62. The zero-order chi connectivity index (χ0) is 27.1. The number of halogens is 2. The lowest BCUT2D eigenvalue weighted by Gasteiger charge is -2.22. The molecule has 0 radical (unpaired) electrons. The number of nitrogens with zero attached hydrogens (tertiary/aromatic N) is 2. The predicted molar refractivity (Wildman–Crippen MR) is 167 cm³/mol. The van der Waals surface area contributed by atoms with Crippen molar-refractivity contribution in [1.29, 1.82) is 0 Å². The molecule has 4 aromatic carbocycles. The first-order chi connectivity index (χ1) is 18.9. The molecule has 0 N–H and O–H groups in total. The molecule has 0 atom stereocenters. The van der Waals surface area contributed by atoms with Crippen LogP contribution < -0.4 is 14.8 Å². The SMILES string of the molecule is CN(c1ccc2c(-c3ccccc3S)c3ccc(=[N+](C)c4ccccc4Cl)cc-3oc2c1)c1ccccc1Cl. The van der Waals surface area contributed by atoms with Gasteiger partial charge in [0.05, 0.1) is 16.8 Å². The van der Waals surface area contributed by atoms with Crippen LogP contribution >= 0.6 is 35.8 Å². The molecule has 39 heavy (non-hydrogen) atoms. The largest absolute Gasteiger partial charge is 0.456 e. The van der Waals surface area contributed by atoms with E-state index in [4.69, 9.17) is 40.2 Å². The zero-order valence-corrected chi connectivity index (χ0v) is 23.8. The first kappa shape index (κ1) is 25.6. The number of benzene rings is 5. The summed E-state index contributed by atoms with van der Waals surface area (Å²) in [6, 6.07) is 36.3. The zero-order valence-electron chi connectivity index (χ0n) is 21.4. The average molecular weight is 569 g/mol. The summed E-state index contributed by atoms with van der Waals surface area (Å²) in [6.45, 7) is 0. The number of anilines is 2. The minimum atomic E-state index is 0.687. The van der Waals surface area contributed by atoms with Crippen molar-refractivity contribution in [2.75, 3.05) is 19.0 Å². The van der Waals surface area contributed by atoms with Crippen LogP contribution in [0.25, 0.3) is 33.4 Å². The molecule has 0 spiro atoms. The molecule has 1 aliphatic carbocycles. The third-order valence-electron chi connectivity index (χ3n) is 7.06. The molecule has 0 amide bonds. The molecular formula is C33H25Cl2N2OS+. The van der Waals surface area contributed by atoms with Gasteiger partial charge in [-0.1, -0.05) is 65.7 Å². The molecule has 3 nitrogen and oxygen atoms in total. The van der Waals surface area contributed by atoms with Crippen LogP contribution in [0.2, 0.25) is 10.0 Å². The minimum Gasteiger partial charge on any atom is -0.456 e. The van der Waals surface area contributed by atoms with E-state index in [1.807, 2.05) is 80.8 Å². The third-order valence-corrected chi connectivity index (χ3v) is 8.09. The van der Waals surface area contributed by atoms with E-state index in [0.29, 0.717) is 10.0 Å². The van der Waals surface area contributed by atoms with Gasteiger partial charge in [0.25, 0.3) is 0 Å². The Morgan fingerprint density at radius 3 is 2.23 bits per heavy atom. The molecule has 1 heterocycles. The summed E-state index contributed by atoms with van der Waals surface area (Å²) in [5.74, 6) is 0.767. The standard InChI is InChI=1S/C33H24Cl2N2OS/c1-36(28-12-6-4-10-26(28)34)21-15-17-23-30(19-21)38-31-20-22(37(2)29-13-7-5-11-27(29)35)16-18-24(31)33(23)25-9-3-8-14-32(25)39/h3-20H,1-2H3/p+1. The molecule has 4 aromatic rings. The Labute approximate surface area is 242 Å². The van der Waals surface area contributed by atoms with Gasteiger partial charge in [-0.2, -0.15) is 4.58 Å². The van der Waals surface area contributed by atoms with Gasteiger partial charge in [-0.05, 0) is 48.0 Å². The van der Waals surface area contributed by atoms with E-state index < -0.39 is 0 Å². The number of hydrogen-bond acceptors (Lipinski definition) is 3. The van der Waals surface area contributed by atoms with E-state index in [0.717, 1.165) is 60.7 Å². The van der Waals surface area contributed by atoms with Crippen molar-refractivity contribution in [3.8, 4) is 22.5 Å². The lowest BCUT2D eigenvalue weighted by molar-refractivity contribution is 0.618. The summed E-state index contributed by atoms with van der Waals surface area (Å²) in [4.78, 5) is 2.97. The van der Waals surface area contributed by atoms with Gasteiger partial charge in [0.1, 0.15) is 23.4 Å². The van der Waals surface area contributed by atoms with Crippen LogP contribution in [0.5, 0.6) is 0 Å². The van der Waals surface area contributed by atoms with Crippen LogP contribution in [-0.4, -0.2) is 14.1 Å². The average Bonchev–Trinajstić information content (AvgIpc) is 2.95. The Balaban J connectivity index is 1.63. The maximum Gasteiger partial charge on any atom is 0.224 e. The van der Waals surface area contributed by atoms with Gasteiger partial charge >= 0.3 is 0 Å². The second-order valence-electron chi connectivity index (χ2n) is 9.38. The van der Waals surface area contributed by atoms with E-state index >= 15 is 0 Å². The molecule has 2 aliphatic rings. The van der Waals surface area contributed by atoms with Gasteiger partial charge in [0.2, 0.25) is 11.0 Å². The molecule has 1 aliphatic heterocycles. The van der Waals surface area contributed by atoms with Crippen LogP contribution in [-0.2, 0) is 0 Å². The smallest absolute Gasteiger partial charge is 0.224 e. The van der Waals surface area contributed by atoms with Crippen molar-refractivity contribution in [3.63, 3.8) is 0 Å². The predicted octanol–water partition coefficient (Wildman–Crippen LogP) is 9.30. The topological polar surface area (TPSA) is 19.4 Å². The highest BCUT2D eigenvalue weighted by molar-refractivity contribution is 7.80. The molecule has 0 aromatic heterocycles. The number of hydrogen-bond donors (Lipinski definition) is 1. The Hall–Kier alpha value is -3.70. The molecule has 0 saturated heterocycles. The third kappa shape index (κ3) is 4.70. The Morgan fingerprint density at radius 2 is 1.46 bits per heavy atom. The van der Waals surface area contributed by atoms with Gasteiger partial charge in [0.15, 0.2) is 0 Å². The van der Waals surface area contributed by atoms with Crippen molar-refractivity contribution in [3.05, 3.63) is 125 Å². The van der Waals surface area contributed by atoms with Crippen LogP contribution in [0.15, 0.2) is 119 Å². The first-order valence-corrected chi connectivity index (χ1v) is 13.7. The summed E-state index contributed by atoms with van der Waals surface area (Å²) in [6.07, 6.45) is 0. The number of fused-ring (bicyclic) bond motifs is 2. The lowest BCUT2D eigenvalue weighted by Crippen LogP contribution is -2.21. The van der Waals surface area contributed by atoms with Gasteiger partial charge in [-0.25, -0.2) is 0 Å². The van der Waals surface area contributed by atoms with E-state index in [1.165, 1.54) is 0 Å². The van der Waals surface area contributed by atoms with E-state index in [2.05, 4.69) is 51.9 Å². The van der Waals surface area contributed by atoms with Crippen LogP contribution in [0, 0.1) is 0 Å². The molecular weight excluding hydrogens is 543 g/mol. The number of para-hydroxylation sites is 2. The van der Waals surface area contributed by atoms with Crippen LogP contribution in [0.3, 0.4) is 0 Å². The summed E-state index contributed by atoms with van der Waals surface area (Å²) in [7, 11) is 4.01. The molecule has 0 saturated carbocycles. The number of thiol groups is 1. The minimum absolute atomic E-state index is 0.687. The monoisotopic (exact) mass is 567 g/mol.